The van der Waals surface area contributed by atoms with Crippen LogP contribution < -0.4 is 11.1 Å². The molecule has 98 valence electrons. The van der Waals surface area contributed by atoms with Crippen LogP contribution in [-0.2, 0) is 9.47 Å². The summed E-state index contributed by atoms with van der Waals surface area (Å²) in [5, 5.41) is 2.90. The Balaban J connectivity index is 1.92. The maximum absolute atomic E-state index is 11.7. The fourth-order valence-corrected chi connectivity index (χ4v) is 2.72. The zero-order chi connectivity index (χ0) is 12.6. The number of nitrogens with two attached hydrogens (primary N) is 1. The molecule has 2 rings (SSSR count). The second kappa shape index (κ2) is 4.46. The summed E-state index contributed by atoms with van der Waals surface area (Å²) in [4.78, 5) is 11.7. The molecular weight excluding hydrogens is 220 g/mol. The molecule has 2 unspecified atom stereocenters. The summed E-state index contributed by atoms with van der Waals surface area (Å²) in [6.07, 6.45) is 2.00. The van der Waals surface area contributed by atoms with Crippen LogP contribution in [0.15, 0.2) is 0 Å². The van der Waals surface area contributed by atoms with Gasteiger partial charge in [-0.05, 0) is 40.2 Å². The van der Waals surface area contributed by atoms with E-state index >= 15 is 0 Å². The van der Waals surface area contributed by atoms with E-state index in [9.17, 15) is 4.79 Å². The average molecular weight is 242 g/mol. The van der Waals surface area contributed by atoms with Crippen molar-refractivity contribution in [1.29, 1.82) is 0 Å². The first kappa shape index (κ1) is 12.6. The Morgan fingerprint density at radius 2 is 2.06 bits per heavy atom. The molecular formula is C12H22N2O3. The van der Waals surface area contributed by atoms with Crippen molar-refractivity contribution in [2.45, 2.75) is 57.5 Å². The van der Waals surface area contributed by atoms with Crippen molar-refractivity contribution in [1.82, 2.24) is 5.32 Å². The molecule has 2 fully saturated rings. The molecule has 4 atom stereocenters. The van der Waals surface area contributed by atoms with Gasteiger partial charge in [0.15, 0.2) is 0 Å². The molecule has 0 spiro atoms. The Bertz CT molecular complexity index is 301. The molecule has 2 aliphatic heterocycles. The Hall–Kier alpha value is -0.810. The third-order valence-electron chi connectivity index (χ3n) is 3.38. The summed E-state index contributed by atoms with van der Waals surface area (Å²) < 4.78 is 11.0. The number of ether oxygens (including phenoxy) is 2. The Labute approximate surface area is 102 Å². The molecule has 3 N–H and O–H groups in total. The first-order chi connectivity index (χ1) is 7.90. The normalized spacial score (nSPS) is 36.0. The smallest absolute Gasteiger partial charge is 0.407 e. The van der Waals surface area contributed by atoms with Gasteiger partial charge < -0.3 is 20.5 Å². The van der Waals surface area contributed by atoms with Gasteiger partial charge in [0, 0.05) is 5.92 Å². The molecule has 2 bridgehead atoms. The average Bonchev–Trinajstić information content (AvgIpc) is 2.74. The van der Waals surface area contributed by atoms with Gasteiger partial charge in [-0.25, -0.2) is 4.79 Å². The van der Waals surface area contributed by atoms with E-state index in [4.69, 9.17) is 15.2 Å². The second-order valence-electron chi connectivity index (χ2n) is 5.86. The van der Waals surface area contributed by atoms with Gasteiger partial charge in [-0.2, -0.15) is 0 Å². The van der Waals surface area contributed by atoms with E-state index < -0.39 is 5.60 Å². The predicted octanol–water partition coefficient (Wildman–Crippen LogP) is 1.02. The number of hydrogen-bond donors (Lipinski definition) is 2. The van der Waals surface area contributed by atoms with E-state index in [1.807, 2.05) is 20.8 Å². The SMILES string of the molecule is CC(C)(C)OC(=O)N[C@@H]1C2CCC(O2)[C@@H]1CN. The number of fused-ring (bicyclic) bond motifs is 2. The van der Waals surface area contributed by atoms with Gasteiger partial charge >= 0.3 is 6.09 Å². The lowest BCUT2D eigenvalue weighted by atomic mass is 9.84. The van der Waals surface area contributed by atoms with E-state index in [1.165, 1.54) is 0 Å². The Morgan fingerprint density at radius 3 is 2.65 bits per heavy atom. The predicted molar refractivity (Wildman–Crippen MR) is 63.6 cm³/mol. The molecule has 2 aliphatic rings. The Morgan fingerprint density at radius 1 is 1.41 bits per heavy atom. The van der Waals surface area contributed by atoms with E-state index in [0.29, 0.717) is 6.54 Å². The number of rotatable bonds is 2. The molecule has 17 heavy (non-hydrogen) atoms. The molecule has 2 saturated heterocycles. The summed E-state index contributed by atoms with van der Waals surface area (Å²) in [6.45, 7) is 6.10. The zero-order valence-electron chi connectivity index (χ0n) is 10.7. The summed E-state index contributed by atoms with van der Waals surface area (Å²) in [5.41, 5.74) is 5.27. The van der Waals surface area contributed by atoms with Crippen LogP contribution in [0.25, 0.3) is 0 Å². The summed E-state index contributed by atoms with van der Waals surface area (Å²) in [7, 11) is 0. The van der Waals surface area contributed by atoms with Gasteiger partial charge in [-0.15, -0.1) is 0 Å². The van der Waals surface area contributed by atoms with Crippen LogP contribution in [0.3, 0.4) is 0 Å². The van der Waals surface area contributed by atoms with Crippen LogP contribution in [0.4, 0.5) is 4.79 Å². The van der Waals surface area contributed by atoms with Crippen LogP contribution in [0, 0.1) is 5.92 Å². The van der Waals surface area contributed by atoms with E-state index in [0.717, 1.165) is 12.8 Å². The lowest BCUT2D eigenvalue weighted by Gasteiger charge is -2.29. The van der Waals surface area contributed by atoms with Crippen molar-refractivity contribution in [2.75, 3.05) is 6.54 Å². The first-order valence-corrected chi connectivity index (χ1v) is 6.26. The van der Waals surface area contributed by atoms with E-state index in [2.05, 4.69) is 5.32 Å². The topological polar surface area (TPSA) is 73.6 Å². The van der Waals surface area contributed by atoms with Crippen LogP contribution in [0.5, 0.6) is 0 Å². The van der Waals surface area contributed by atoms with Crippen molar-refractivity contribution in [2.24, 2.45) is 11.7 Å². The molecule has 0 aromatic heterocycles. The fraction of sp³-hybridized carbons (Fsp3) is 0.917. The highest BCUT2D eigenvalue weighted by molar-refractivity contribution is 5.68. The molecule has 0 aromatic rings. The maximum atomic E-state index is 11.7. The maximum Gasteiger partial charge on any atom is 0.407 e. The van der Waals surface area contributed by atoms with Gasteiger partial charge in [0.2, 0.25) is 0 Å². The van der Waals surface area contributed by atoms with Crippen LogP contribution >= 0.6 is 0 Å². The van der Waals surface area contributed by atoms with Gasteiger partial charge in [0.05, 0.1) is 18.2 Å². The molecule has 0 saturated carbocycles. The molecule has 0 radical (unpaired) electrons. The quantitative estimate of drug-likeness (QED) is 0.758. The standard InChI is InChI=1S/C12H22N2O3/c1-12(2,3)17-11(15)14-10-7(6-13)8-4-5-9(10)16-8/h7-10H,4-6,13H2,1-3H3,(H,14,15)/t7-,8?,9?,10-/m0/s1. The number of carbonyl (C=O) groups is 1. The molecule has 0 aliphatic carbocycles. The number of nitrogens with one attached hydrogen (secondary N) is 1. The fourth-order valence-electron chi connectivity index (χ4n) is 2.72. The number of carbonyl (C=O) groups excluding carboxylic acids is 1. The third-order valence-corrected chi connectivity index (χ3v) is 3.38. The first-order valence-electron chi connectivity index (χ1n) is 6.26. The summed E-state index contributed by atoms with van der Waals surface area (Å²) >= 11 is 0. The Kier molecular flexibility index (Phi) is 3.32. The monoisotopic (exact) mass is 242 g/mol. The van der Waals surface area contributed by atoms with Crippen molar-refractivity contribution in [3.05, 3.63) is 0 Å². The van der Waals surface area contributed by atoms with Gasteiger partial charge in [0.25, 0.3) is 0 Å². The molecule has 5 nitrogen and oxygen atoms in total. The summed E-state index contributed by atoms with van der Waals surface area (Å²) in [6, 6.07) is 0.00796. The van der Waals surface area contributed by atoms with Crippen LogP contribution in [-0.4, -0.2) is 36.5 Å². The van der Waals surface area contributed by atoms with Crippen LogP contribution in [0.2, 0.25) is 0 Å². The largest absolute Gasteiger partial charge is 0.444 e. The minimum atomic E-state index is -0.471. The van der Waals surface area contributed by atoms with Crippen LogP contribution in [0.1, 0.15) is 33.6 Å². The molecule has 2 heterocycles. The van der Waals surface area contributed by atoms with Gasteiger partial charge in [0.1, 0.15) is 5.60 Å². The minimum absolute atomic E-state index is 0.00796. The van der Waals surface area contributed by atoms with Gasteiger partial charge in [-0.3, -0.25) is 0 Å². The highest BCUT2D eigenvalue weighted by Crippen LogP contribution is 2.38. The number of alkyl carbamates (subject to hydrolysis) is 1. The molecule has 0 aromatic carbocycles. The highest BCUT2D eigenvalue weighted by Gasteiger charge is 2.49. The lowest BCUT2D eigenvalue weighted by Crippen LogP contribution is -2.50. The lowest BCUT2D eigenvalue weighted by molar-refractivity contribution is 0.0458. The highest BCUT2D eigenvalue weighted by atomic mass is 16.6. The minimum Gasteiger partial charge on any atom is -0.444 e. The van der Waals surface area contributed by atoms with Crippen molar-refractivity contribution in [3.63, 3.8) is 0 Å². The van der Waals surface area contributed by atoms with Crippen molar-refractivity contribution >= 4 is 6.09 Å². The van der Waals surface area contributed by atoms with E-state index in [1.54, 1.807) is 0 Å². The van der Waals surface area contributed by atoms with Crippen molar-refractivity contribution in [3.8, 4) is 0 Å². The van der Waals surface area contributed by atoms with Gasteiger partial charge in [-0.1, -0.05) is 0 Å². The molecule has 5 heteroatoms. The number of hydrogen-bond acceptors (Lipinski definition) is 4. The number of amides is 1. The third kappa shape index (κ3) is 2.72. The summed E-state index contributed by atoms with van der Waals surface area (Å²) in [5.74, 6) is 0.223. The van der Waals surface area contributed by atoms with E-state index in [-0.39, 0.29) is 30.3 Å². The second-order valence-corrected chi connectivity index (χ2v) is 5.86. The van der Waals surface area contributed by atoms with Crippen molar-refractivity contribution < 1.29 is 14.3 Å². The zero-order valence-corrected chi connectivity index (χ0v) is 10.7. The molecule has 1 amide bonds.